The average molecular weight is 1090 g/mol. The first-order valence-electron chi connectivity index (χ1n) is 34.6. The maximum Gasteiger partial charge on any atom is 0.306 e. The Hall–Kier alpha value is -2.63. The molecule has 78 heavy (non-hydrogen) atoms. The summed E-state index contributed by atoms with van der Waals surface area (Å²) in [5.74, 6) is -0.903. The fraction of sp³-hybridized carbons (Fsp3) is 0.847. The van der Waals surface area contributed by atoms with Crippen LogP contribution in [0.5, 0.6) is 0 Å². The zero-order chi connectivity index (χ0) is 56.4. The first-order valence-corrected chi connectivity index (χ1v) is 34.6. The topological polar surface area (TPSA) is 78.9 Å². The molecule has 0 aliphatic heterocycles. The Morgan fingerprint density at radius 2 is 0.500 bits per heavy atom. The molecule has 0 aromatic rings. The highest BCUT2D eigenvalue weighted by molar-refractivity contribution is 5.71. The van der Waals surface area contributed by atoms with E-state index in [4.69, 9.17) is 14.2 Å². The van der Waals surface area contributed by atoms with Crippen LogP contribution in [0, 0.1) is 0 Å². The van der Waals surface area contributed by atoms with Crippen molar-refractivity contribution in [2.45, 2.75) is 380 Å². The van der Waals surface area contributed by atoms with Crippen LogP contribution in [-0.2, 0) is 28.6 Å². The van der Waals surface area contributed by atoms with E-state index in [2.05, 4.69) is 69.4 Å². The van der Waals surface area contributed by atoms with E-state index in [1.165, 1.54) is 238 Å². The van der Waals surface area contributed by atoms with Gasteiger partial charge in [0.15, 0.2) is 6.10 Å². The molecule has 0 N–H and O–H groups in total. The van der Waals surface area contributed by atoms with Gasteiger partial charge in [0.1, 0.15) is 13.2 Å². The van der Waals surface area contributed by atoms with E-state index in [0.29, 0.717) is 19.3 Å². The minimum absolute atomic E-state index is 0.0826. The fourth-order valence-corrected chi connectivity index (χ4v) is 10.4. The number of carbonyl (C=O) groups is 3. The molecule has 0 spiro atoms. The van der Waals surface area contributed by atoms with Crippen molar-refractivity contribution >= 4 is 17.9 Å². The van der Waals surface area contributed by atoms with Crippen molar-refractivity contribution in [1.82, 2.24) is 0 Å². The number of ether oxygens (including phenoxy) is 3. The molecule has 0 fully saturated rings. The van der Waals surface area contributed by atoms with Crippen LogP contribution in [-0.4, -0.2) is 37.2 Å². The number of allylic oxidation sites excluding steroid dienone is 8. The lowest BCUT2D eigenvalue weighted by molar-refractivity contribution is -0.167. The van der Waals surface area contributed by atoms with Gasteiger partial charge < -0.3 is 14.2 Å². The standard InChI is InChI=1S/C72H132O6/c1-4-7-10-13-16-19-22-25-27-28-29-30-31-32-33-34-35-36-37-38-39-40-41-42-43-44-45-48-50-53-56-59-62-65-71(74)77-68-69(67-76-70(73)64-61-58-55-52-49-46-24-21-18-15-12-9-6-3)78-72(75)66-63-60-57-54-51-47-26-23-20-17-14-11-8-5-2/h9,12,18,21,23,26,46,49,69H,4-8,10-11,13-17,19-20,22,24-25,27-45,47-48,50-68H2,1-3H3/b12-9-,21-18-,26-23-,49-46-. The Balaban J connectivity index is 4.07. The second-order valence-electron chi connectivity index (χ2n) is 23.4. The number of unbranched alkanes of at least 4 members (excludes halogenated alkanes) is 45. The van der Waals surface area contributed by atoms with E-state index in [9.17, 15) is 14.4 Å². The van der Waals surface area contributed by atoms with Gasteiger partial charge in [-0.3, -0.25) is 14.4 Å². The first kappa shape index (κ1) is 75.4. The van der Waals surface area contributed by atoms with E-state index in [0.717, 1.165) is 96.3 Å². The van der Waals surface area contributed by atoms with Gasteiger partial charge in [-0.15, -0.1) is 0 Å². The molecule has 456 valence electrons. The van der Waals surface area contributed by atoms with Crippen LogP contribution in [0.15, 0.2) is 48.6 Å². The molecule has 0 bridgehead atoms. The van der Waals surface area contributed by atoms with Crippen molar-refractivity contribution in [3.05, 3.63) is 48.6 Å². The molecule has 0 aromatic heterocycles. The molecule has 6 heteroatoms. The van der Waals surface area contributed by atoms with Gasteiger partial charge in [0.05, 0.1) is 0 Å². The molecular formula is C72H132O6. The minimum atomic E-state index is -0.788. The highest BCUT2D eigenvalue weighted by Gasteiger charge is 2.19. The largest absolute Gasteiger partial charge is 0.462 e. The lowest BCUT2D eigenvalue weighted by Gasteiger charge is -2.18. The van der Waals surface area contributed by atoms with Gasteiger partial charge in [0.25, 0.3) is 0 Å². The highest BCUT2D eigenvalue weighted by atomic mass is 16.6. The summed E-state index contributed by atoms with van der Waals surface area (Å²) in [4.78, 5) is 38.2. The van der Waals surface area contributed by atoms with Crippen molar-refractivity contribution in [3.63, 3.8) is 0 Å². The lowest BCUT2D eigenvalue weighted by Crippen LogP contribution is -2.30. The van der Waals surface area contributed by atoms with Crippen LogP contribution >= 0.6 is 0 Å². The normalized spacial score (nSPS) is 12.3. The van der Waals surface area contributed by atoms with Gasteiger partial charge in [-0.1, -0.05) is 326 Å². The van der Waals surface area contributed by atoms with Gasteiger partial charge in [-0.2, -0.15) is 0 Å². The van der Waals surface area contributed by atoms with E-state index in [1.807, 2.05) is 0 Å². The van der Waals surface area contributed by atoms with Crippen molar-refractivity contribution in [1.29, 1.82) is 0 Å². The predicted octanol–water partition coefficient (Wildman–Crippen LogP) is 23.7. The van der Waals surface area contributed by atoms with Gasteiger partial charge in [0, 0.05) is 19.3 Å². The Labute approximate surface area is 486 Å². The highest BCUT2D eigenvalue weighted by Crippen LogP contribution is 2.18. The quantitative estimate of drug-likeness (QED) is 0.0261. The number of carbonyl (C=O) groups excluding carboxylic acids is 3. The Morgan fingerprint density at radius 1 is 0.269 bits per heavy atom. The summed E-state index contributed by atoms with van der Waals surface area (Å²) in [6.07, 6.45) is 84.6. The van der Waals surface area contributed by atoms with Crippen LogP contribution in [0.4, 0.5) is 0 Å². The molecule has 0 saturated carbocycles. The summed E-state index contributed by atoms with van der Waals surface area (Å²) >= 11 is 0. The minimum Gasteiger partial charge on any atom is -0.462 e. The number of hydrogen-bond acceptors (Lipinski definition) is 6. The number of esters is 3. The summed E-state index contributed by atoms with van der Waals surface area (Å²) in [7, 11) is 0. The lowest BCUT2D eigenvalue weighted by atomic mass is 10.0. The van der Waals surface area contributed by atoms with Crippen LogP contribution in [0.2, 0.25) is 0 Å². The smallest absolute Gasteiger partial charge is 0.306 e. The molecule has 0 aromatic carbocycles. The molecule has 0 saturated heterocycles. The average Bonchev–Trinajstić information content (AvgIpc) is 3.44. The molecule has 0 radical (unpaired) electrons. The maximum atomic E-state index is 12.9. The molecular weight excluding hydrogens is 961 g/mol. The molecule has 0 amide bonds. The third kappa shape index (κ3) is 64.2. The Kier molecular flexibility index (Phi) is 64.6. The van der Waals surface area contributed by atoms with E-state index >= 15 is 0 Å². The van der Waals surface area contributed by atoms with Crippen molar-refractivity contribution < 1.29 is 28.6 Å². The third-order valence-electron chi connectivity index (χ3n) is 15.6. The molecule has 1 atom stereocenters. The summed E-state index contributed by atoms with van der Waals surface area (Å²) in [5, 5.41) is 0. The summed E-state index contributed by atoms with van der Waals surface area (Å²) in [5.41, 5.74) is 0. The Morgan fingerprint density at radius 3 is 0.808 bits per heavy atom. The van der Waals surface area contributed by atoms with Crippen LogP contribution in [0.3, 0.4) is 0 Å². The van der Waals surface area contributed by atoms with E-state index in [-0.39, 0.29) is 31.1 Å². The second-order valence-corrected chi connectivity index (χ2v) is 23.4. The molecule has 0 aliphatic rings. The Bertz CT molecular complexity index is 1350. The molecule has 0 aliphatic carbocycles. The summed E-state index contributed by atoms with van der Waals surface area (Å²) < 4.78 is 16.9. The fourth-order valence-electron chi connectivity index (χ4n) is 10.4. The third-order valence-corrected chi connectivity index (χ3v) is 15.6. The predicted molar refractivity (Wildman–Crippen MR) is 339 cm³/mol. The van der Waals surface area contributed by atoms with Gasteiger partial charge in [-0.05, 0) is 77.0 Å². The van der Waals surface area contributed by atoms with Gasteiger partial charge >= 0.3 is 17.9 Å². The SMILES string of the molecule is CC/C=C\C/C=C\C/C=C\CCCCCC(=O)OCC(COC(=O)CCCCCCCCCCCCCCCCCCCCCCCCCCCCCCCCCCC)OC(=O)CCCCCCC/C=C\CCCCCCC. The van der Waals surface area contributed by atoms with Crippen LogP contribution < -0.4 is 0 Å². The molecule has 0 rings (SSSR count). The van der Waals surface area contributed by atoms with Crippen molar-refractivity contribution in [2.24, 2.45) is 0 Å². The number of rotatable bonds is 64. The van der Waals surface area contributed by atoms with E-state index in [1.54, 1.807) is 0 Å². The molecule has 6 nitrogen and oxygen atoms in total. The van der Waals surface area contributed by atoms with Crippen LogP contribution in [0.1, 0.15) is 374 Å². The zero-order valence-corrected chi connectivity index (χ0v) is 52.5. The van der Waals surface area contributed by atoms with Gasteiger partial charge in [-0.25, -0.2) is 0 Å². The number of hydrogen-bond donors (Lipinski definition) is 0. The maximum absolute atomic E-state index is 12.9. The molecule has 1 unspecified atom stereocenters. The molecule has 0 heterocycles. The van der Waals surface area contributed by atoms with Crippen LogP contribution in [0.25, 0.3) is 0 Å². The second kappa shape index (κ2) is 66.9. The van der Waals surface area contributed by atoms with Gasteiger partial charge in [0.2, 0.25) is 0 Å². The monoisotopic (exact) mass is 1090 g/mol. The summed E-state index contributed by atoms with van der Waals surface area (Å²) in [6.45, 7) is 6.54. The van der Waals surface area contributed by atoms with Crippen molar-refractivity contribution in [2.75, 3.05) is 13.2 Å². The van der Waals surface area contributed by atoms with E-state index < -0.39 is 6.10 Å². The zero-order valence-electron chi connectivity index (χ0n) is 52.5. The first-order chi connectivity index (χ1) is 38.5. The van der Waals surface area contributed by atoms with Crippen molar-refractivity contribution in [3.8, 4) is 0 Å². The summed E-state index contributed by atoms with van der Waals surface area (Å²) in [6, 6.07) is 0.